The van der Waals surface area contributed by atoms with Crippen LogP contribution in [-0.4, -0.2) is 18.1 Å². The summed E-state index contributed by atoms with van der Waals surface area (Å²) in [6.07, 6.45) is 1.70. The van der Waals surface area contributed by atoms with Gasteiger partial charge in [0.15, 0.2) is 0 Å². The molecule has 0 fully saturated rings. The minimum atomic E-state index is -0.412. The number of ether oxygens (including phenoxy) is 1. The van der Waals surface area contributed by atoms with Crippen LogP contribution in [0.25, 0.3) is 22.9 Å². The van der Waals surface area contributed by atoms with Gasteiger partial charge in [-0.3, -0.25) is 0 Å². The van der Waals surface area contributed by atoms with E-state index in [0.717, 1.165) is 11.1 Å². The molecule has 26 heavy (non-hydrogen) atoms. The van der Waals surface area contributed by atoms with Crippen molar-refractivity contribution in [3.63, 3.8) is 0 Å². The monoisotopic (exact) mass is 364 g/mol. The van der Waals surface area contributed by atoms with Gasteiger partial charge in [-0.25, -0.2) is 14.2 Å². The second-order valence-electron chi connectivity index (χ2n) is 5.33. The molecule has 3 rings (SSSR count). The van der Waals surface area contributed by atoms with Gasteiger partial charge in [-0.1, -0.05) is 12.1 Å². The maximum atomic E-state index is 13.0. The average molecular weight is 364 g/mol. The fourth-order valence-electron chi connectivity index (χ4n) is 2.29. The minimum absolute atomic E-state index is 0.308. The number of esters is 1. The van der Waals surface area contributed by atoms with Crippen LogP contribution in [0, 0.1) is 17.1 Å². The summed E-state index contributed by atoms with van der Waals surface area (Å²) >= 11 is 1.34. The number of methoxy groups -OCH3 is 1. The van der Waals surface area contributed by atoms with Gasteiger partial charge in [-0.2, -0.15) is 5.26 Å². The Morgan fingerprint density at radius 1 is 1.19 bits per heavy atom. The number of carbonyl (C=O) groups is 1. The van der Waals surface area contributed by atoms with E-state index >= 15 is 0 Å². The fraction of sp³-hybridized carbons (Fsp3) is 0.0500. The smallest absolute Gasteiger partial charge is 0.337 e. The van der Waals surface area contributed by atoms with Crippen LogP contribution in [0.4, 0.5) is 4.39 Å². The first-order valence-corrected chi connectivity index (χ1v) is 8.50. The first kappa shape index (κ1) is 17.5. The molecule has 0 saturated carbocycles. The highest BCUT2D eigenvalue weighted by molar-refractivity contribution is 7.11. The van der Waals surface area contributed by atoms with Crippen molar-refractivity contribution in [2.24, 2.45) is 0 Å². The largest absolute Gasteiger partial charge is 0.465 e. The lowest BCUT2D eigenvalue weighted by Gasteiger charge is -2.00. The molecule has 0 bridgehead atoms. The third-order valence-electron chi connectivity index (χ3n) is 3.64. The quantitative estimate of drug-likeness (QED) is 0.493. The summed E-state index contributed by atoms with van der Waals surface area (Å²) in [7, 11) is 1.32. The van der Waals surface area contributed by atoms with Gasteiger partial charge in [0.2, 0.25) is 0 Å². The molecule has 4 nitrogen and oxygen atoms in total. The predicted octanol–water partition coefficient (Wildman–Crippen LogP) is 4.80. The van der Waals surface area contributed by atoms with E-state index in [4.69, 9.17) is 0 Å². The van der Waals surface area contributed by atoms with Crippen molar-refractivity contribution in [2.45, 2.75) is 0 Å². The van der Waals surface area contributed by atoms with E-state index in [1.54, 1.807) is 42.5 Å². The molecule has 128 valence electrons. The van der Waals surface area contributed by atoms with Gasteiger partial charge in [-0.05, 0) is 48.0 Å². The van der Waals surface area contributed by atoms with E-state index in [1.807, 2.05) is 5.38 Å². The van der Waals surface area contributed by atoms with Crippen molar-refractivity contribution in [1.82, 2.24) is 4.98 Å². The molecule has 0 amide bonds. The van der Waals surface area contributed by atoms with Gasteiger partial charge in [0.1, 0.15) is 16.9 Å². The molecule has 1 aromatic heterocycles. The van der Waals surface area contributed by atoms with Crippen LogP contribution < -0.4 is 0 Å². The van der Waals surface area contributed by atoms with Crippen LogP contribution in [0.1, 0.15) is 20.9 Å². The normalized spacial score (nSPS) is 11.0. The summed E-state index contributed by atoms with van der Waals surface area (Å²) in [5.74, 6) is -0.720. The van der Waals surface area contributed by atoms with Crippen LogP contribution in [-0.2, 0) is 4.74 Å². The third kappa shape index (κ3) is 3.85. The van der Waals surface area contributed by atoms with E-state index < -0.39 is 5.97 Å². The van der Waals surface area contributed by atoms with Crippen molar-refractivity contribution < 1.29 is 13.9 Å². The van der Waals surface area contributed by atoms with Gasteiger partial charge >= 0.3 is 5.97 Å². The highest BCUT2D eigenvalue weighted by Crippen LogP contribution is 2.27. The van der Waals surface area contributed by atoms with E-state index in [0.29, 0.717) is 21.8 Å². The topological polar surface area (TPSA) is 63.0 Å². The third-order valence-corrected chi connectivity index (χ3v) is 4.51. The molecular weight excluding hydrogens is 351 g/mol. The lowest BCUT2D eigenvalue weighted by Crippen LogP contribution is -2.00. The Labute approximate surface area is 153 Å². The zero-order chi connectivity index (χ0) is 18.5. The second-order valence-corrected chi connectivity index (χ2v) is 6.19. The minimum Gasteiger partial charge on any atom is -0.465 e. The summed E-state index contributed by atoms with van der Waals surface area (Å²) in [5, 5.41) is 11.9. The molecule has 0 aliphatic rings. The summed E-state index contributed by atoms with van der Waals surface area (Å²) in [4.78, 5) is 15.9. The molecule has 0 spiro atoms. The molecule has 2 aromatic carbocycles. The predicted molar refractivity (Wildman–Crippen MR) is 98.8 cm³/mol. The van der Waals surface area contributed by atoms with E-state index in [-0.39, 0.29) is 5.82 Å². The standard InChI is InChI=1S/C20H13FN2O2S/c1-25-20(24)15-4-2-13(3-5-15)10-16(11-22)19-23-18(12-26-19)14-6-8-17(21)9-7-14/h2-10,12H,1H3/b16-10-. The summed E-state index contributed by atoms with van der Waals surface area (Å²) < 4.78 is 17.7. The number of halogens is 1. The summed E-state index contributed by atoms with van der Waals surface area (Å²) in [5.41, 5.74) is 3.10. The number of nitrogens with zero attached hydrogens (tertiary/aromatic N) is 2. The zero-order valence-electron chi connectivity index (χ0n) is 13.8. The molecular formula is C20H13FN2O2S. The molecule has 0 unspecified atom stereocenters. The number of thiazole rings is 1. The van der Waals surface area contributed by atoms with Gasteiger partial charge in [0.05, 0.1) is 23.9 Å². The Bertz CT molecular complexity index is 1000. The van der Waals surface area contributed by atoms with Crippen LogP contribution in [0.5, 0.6) is 0 Å². The van der Waals surface area contributed by atoms with Crippen LogP contribution >= 0.6 is 11.3 Å². The molecule has 1 heterocycles. The Hall–Kier alpha value is -3.30. The SMILES string of the molecule is COC(=O)c1ccc(/C=C(/C#N)c2nc(-c3ccc(F)cc3)cs2)cc1. The Kier molecular flexibility index (Phi) is 5.20. The van der Waals surface area contributed by atoms with E-state index in [1.165, 1.54) is 30.6 Å². The van der Waals surface area contributed by atoms with Crippen LogP contribution in [0.2, 0.25) is 0 Å². The lowest BCUT2D eigenvalue weighted by atomic mass is 10.1. The number of hydrogen-bond donors (Lipinski definition) is 0. The van der Waals surface area contributed by atoms with Crippen LogP contribution in [0.15, 0.2) is 53.9 Å². The lowest BCUT2D eigenvalue weighted by molar-refractivity contribution is 0.0600. The van der Waals surface area contributed by atoms with Gasteiger partial charge in [0, 0.05) is 10.9 Å². The Balaban J connectivity index is 1.87. The van der Waals surface area contributed by atoms with Gasteiger partial charge < -0.3 is 4.74 Å². The van der Waals surface area contributed by atoms with Crippen molar-refractivity contribution in [1.29, 1.82) is 5.26 Å². The first-order chi connectivity index (χ1) is 12.6. The maximum Gasteiger partial charge on any atom is 0.337 e. The molecule has 6 heteroatoms. The number of hydrogen-bond acceptors (Lipinski definition) is 5. The molecule has 3 aromatic rings. The van der Waals surface area contributed by atoms with Crippen molar-refractivity contribution >= 4 is 29.0 Å². The summed E-state index contributed by atoms with van der Waals surface area (Å²) in [6.45, 7) is 0. The van der Waals surface area contributed by atoms with Gasteiger partial charge in [0.25, 0.3) is 0 Å². The number of aromatic nitrogens is 1. The molecule has 0 aliphatic carbocycles. The maximum absolute atomic E-state index is 13.0. The summed E-state index contributed by atoms with van der Waals surface area (Å²) in [6, 6.07) is 14.9. The number of nitriles is 1. The van der Waals surface area contributed by atoms with E-state index in [9.17, 15) is 14.4 Å². The number of carbonyl (C=O) groups excluding carboxylic acids is 1. The Morgan fingerprint density at radius 2 is 1.88 bits per heavy atom. The molecule has 0 N–H and O–H groups in total. The highest BCUT2D eigenvalue weighted by Gasteiger charge is 2.10. The number of rotatable bonds is 4. The zero-order valence-corrected chi connectivity index (χ0v) is 14.6. The molecule has 0 radical (unpaired) electrons. The van der Waals surface area contributed by atoms with Crippen molar-refractivity contribution in [3.05, 3.63) is 75.9 Å². The molecule has 0 aliphatic heterocycles. The van der Waals surface area contributed by atoms with Crippen LogP contribution in [0.3, 0.4) is 0 Å². The Morgan fingerprint density at radius 3 is 2.50 bits per heavy atom. The van der Waals surface area contributed by atoms with Crippen molar-refractivity contribution in [3.8, 4) is 17.3 Å². The molecule has 0 atom stereocenters. The number of allylic oxidation sites excluding steroid dienone is 1. The molecule has 0 saturated heterocycles. The second kappa shape index (κ2) is 7.72. The first-order valence-electron chi connectivity index (χ1n) is 7.62. The highest BCUT2D eigenvalue weighted by atomic mass is 32.1. The average Bonchev–Trinajstić information content (AvgIpc) is 3.16. The van der Waals surface area contributed by atoms with E-state index in [2.05, 4.69) is 15.8 Å². The fourth-order valence-corrected chi connectivity index (χ4v) is 3.09. The number of benzene rings is 2. The van der Waals surface area contributed by atoms with Crippen molar-refractivity contribution in [2.75, 3.05) is 7.11 Å². The van der Waals surface area contributed by atoms with Gasteiger partial charge in [-0.15, -0.1) is 11.3 Å².